The van der Waals surface area contributed by atoms with Crippen molar-refractivity contribution in [1.82, 2.24) is 10.6 Å². The second-order valence-corrected chi connectivity index (χ2v) is 5.09. The molecule has 0 aromatic carbocycles. The van der Waals surface area contributed by atoms with E-state index >= 15 is 0 Å². The van der Waals surface area contributed by atoms with E-state index in [9.17, 15) is 9.59 Å². The Bertz CT molecular complexity index is 368. The first-order chi connectivity index (χ1) is 8.69. The van der Waals surface area contributed by atoms with Gasteiger partial charge in [0.1, 0.15) is 11.3 Å². The molecule has 0 aromatic rings. The molecule has 2 aliphatic rings. The van der Waals surface area contributed by atoms with Crippen molar-refractivity contribution in [1.29, 1.82) is 0 Å². The van der Waals surface area contributed by atoms with E-state index in [0.717, 1.165) is 32.2 Å². The number of nitrogens with one attached hydrogen (secondary N) is 2. The van der Waals surface area contributed by atoms with Gasteiger partial charge in [-0.05, 0) is 19.4 Å². The van der Waals surface area contributed by atoms with E-state index in [-0.39, 0.29) is 11.8 Å². The summed E-state index contributed by atoms with van der Waals surface area (Å²) >= 11 is 0. The molecule has 1 saturated carbocycles. The lowest BCUT2D eigenvalue weighted by atomic mass is 9.77. The number of amidine groups is 1. The summed E-state index contributed by atoms with van der Waals surface area (Å²) in [4.78, 5) is 28.6. The van der Waals surface area contributed by atoms with E-state index in [1.165, 1.54) is 0 Å². The predicted molar refractivity (Wildman–Crippen MR) is 69.3 cm³/mol. The third kappa shape index (κ3) is 2.46. The molecule has 5 nitrogen and oxygen atoms in total. The Hall–Kier alpha value is -1.23. The highest BCUT2D eigenvalue weighted by Crippen LogP contribution is 2.37. The summed E-state index contributed by atoms with van der Waals surface area (Å²) in [6, 6.07) is 0. The molecule has 2 rings (SSSR count). The molecule has 0 atom stereocenters. The molecule has 0 aromatic heterocycles. The second-order valence-electron chi connectivity index (χ2n) is 5.09. The smallest absolute Gasteiger partial charge is 0.263 e. The molecule has 1 fully saturated rings. The van der Waals surface area contributed by atoms with Crippen LogP contribution in [-0.2, 0) is 9.59 Å². The molecule has 2 N–H and O–H groups in total. The molecule has 18 heavy (non-hydrogen) atoms. The molecular weight excluding hydrogens is 230 g/mol. The van der Waals surface area contributed by atoms with Crippen molar-refractivity contribution in [3.05, 3.63) is 0 Å². The zero-order valence-corrected chi connectivity index (χ0v) is 10.9. The third-order valence-corrected chi connectivity index (χ3v) is 3.84. The van der Waals surface area contributed by atoms with Crippen LogP contribution in [0, 0.1) is 5.41 Å². The van der Waals surface area contributed by atoms with Crippen LogP contribution in [0.15, 0.2) is 4.99 Å². The average Bonchev–Trinajstić information content (AvgIpc) is 2.60. The molecule has 0 unspecified atom stereocenters. The third-order valence-electron chi connectivity index (χ3n) is 3.84. The van der Waals surface area contributed by atoms with Crippen molar-refractivity contribution < 1.29 is 9.59 Å². The van der Waals surface area contributed by atoms with Crippen LogP contribution in [0.3, 0.4) is 0 Å². The Morgan fingerprint density at radius 3 is 2.44 bits per heavy atom. The molecular formula is C13H21N3O2. The first-order valence-electron chi connectivity index (χ1n) is 6.83. The number of aliphatic imine (C=N–C) groups is 1. The number of nitrogens with zero attached hydrogens (tertiary/aromatic N) is 1. The predicted octanol–water partition coefficient (Wildman–Crippen LogP) is 0.991. The van der Waals surface area contributed by atoms with Crippen molar-refractivity contribution in [3.8, 4) is 0 Å². The maximum atomic E-state index is 12.3. The zero-order valence-electron chi connectivity index (χ0n) is 10.9. The summed E-state index contributed by atoms with van der Waals surface area (Å²) < 4.78 is 0. The van der Waals surface area contributed by atoms with Gasteiger partial charge in [-0.15, -0.1) is 0 Å². The van der Waals surface area contributed by atoms with Crippen LogP contribution in [0.1, 0.15) is 45.4 Å². The summed E-state index contributed by atoms with van der Waals surface area (Å²) in [6.07, 6.45) is 5.40. The van der Waals surface area contributed by atoms with Gasteiger partial charge in [-0.3, -0.25) is 9.59 Å². The molecule has 100 valence electrons. The summed E-state index contributed by atoms with van der Waals surface area (Å²) in [7, 11) is 0. The van der Waals surface area contributed by atoms with Crippen molar-refractivity contribution >= 4 is 17.6 Å². The molecule has 5 heteroatoms. The van der Waals surface area contributed by atoms with Crippen LogP contribution in [-0.4, -0.2) is 30.7 Å². The Kier molecular flexibility index (Phi) is 4.11. The highest BCUT2D eigenvalue weighted by molar-refractivity contribution is 6.19. The lowest BCUT2D eigenvalue weighted by molar-refractivity contribution is -0.142. The van der Waals surface area contributed by atoms with Crippen molar-refractivity contribution in [3.63, 3.8) is 0 Å². The van der Waals surface area contributed by atoms with E-state index in [4.69, 9.17) is 0 Å². The van der Waals surface area contributed by atoms with Gasteiger partial charge in [0.2, 0.25) is 5.91 Å². The number of rotatable bonds is 3. The molecule has 0 radical (unpaired) electrons. The highest BCUT2D eigenvalue weighted by Gasteiger charge is 2.48. The van der Waals surface area contributed by atoms with Crippen LogP contribution in [0.2, 0.25) is 0 Å². The summed E-state index contributed by atoms with van der Waals surface area (Å²) in [5.41, 5.74) is -0.869. The minimum absolute atomic E-state index is 0.141. The fourth-order valence-corrected chi connectivity index (χ4v) is 2.71. The van der Waals surface area contributed by atoms with E-state index in [1.807, 2.05) is 6.92 Å². The minimum atomic E-state index is -0.869. The normalized spacial score (nSPS) is 23.5. The van der Waals surface area contributed by atoms with E-state index in [2.05, 4.69) is 15.6 Å². The summed E-state index contributed by atoms with van der Waals surface area (Å²) in [5.74, 6) is 0.0834. The van der Waals surface area contributed by atoms with Crippen LogP contribution < -0.4 is 10.6 Å². The molecule has 1 heterocycles. The van der Waals surface area contributed by atoms with E-state index < -0.39 is 5.41 Å². The molecule has 1 aliphatic heterocycles. The van der Waals surface area contributed by atoms with Gasteiger partial charge in [0.05, 0.1) is 6.54 Å². The Labute approximate surface area is 107 Å². The highest BCUT2D eigenvalue weighted by atomic mass is 16.2. The quantitative estimate of drug-likeness (QED) is 0.735. The monoisotopic (exact) mass is 251 g/mol. The SMILES string of the molecule is CCNCC1=NC(=O)C2(CCCCCC2)C(=O)N1. The van der Waals surface area contributed by atoms with E-state index in [1.54, 1.807) is 0 Å². The van der Waals surface area contributed by atoms with Gasteiger partial charge in [0, 0.05) is 0 Å². The summed E-state index contributed by atoms with van der Waals surface area (Å²) in [5, 5.41) is 5.86. The Morgan fingerprint density at radius 2 is 1.89 bits per heavy atom. The number of hydrogen-bond acceptors (Lipinski definition) is 3. The van der Waals surface area contributed by atoms with Gasteiger partial charge in [0.15, 0.2) is 0 Å². The first kappa shape index (κ1) is 13.2. The zero-order chi connectivity index (χ0) is 13.0. The van der Waals surface area contributed by atoms with Crippen molar-refractivity contribution in [2.75, 3.05) is 13.1 Å². The van der Waals surface area contributed by atoms with Crippen LogP contribution >= 0.6 is 0 Å². The Morgan fingerprint density at radius 1 is 1.22 bits per heavy atom. The van der Waals surface area contributed by atoms with Gasteiger partial charge >= 0.3 is 0 Å². The van der Waals surface area contributed by atoms with Crippen LogP contribution in [0.25, 0.3) is 0 Å². The van der Waals surface area contributed by atoms with Crippen LogP contribution in [0.5, 0.6) is 0 Å². The maximum absolute atomic E-state index is 12.3. The van der Waals surface area contributed by atoms with E-state index in [0.29, 0.717) is 25.2 Å². The maximum Gasteiger partial charge on any atom is 0.263 e. The minimum Gasteiger partial charge on any atom is -0.312 e. The number of likely N-dealkylation sites (N-methyl/N-ethyl adjacent to an activating group) is 1. The number of amides is 2. The molecule has 0 bridgehead atoms. The Balaban J connectivity index is 2.16. The van der Waals surface area contributed by atoms with Gasteiger partial charge in [-0.2, -0.15) is 4.99 Å². The van der Waals surface area contributed by atoms with Gasteiger partial charge in [0.25, 0.3) is 5.91 Å². The molecule has 1 aliphatic carbocycles. The second kappa shape index (κ2) is 5.61. The van der Waals surface area contributed by atoms with Crippen molar-refractivity contribution in [2.45, 2.75) is 45.4 Å². The number of carbonyl (C=O) groups is 2. The largest absolute Gasteiger partial charge is 0.312 e. The summed E-state index contributed by atoms with van der Waals surface area (Å²) in [6.45, 7) is 3.21. The molecule has 1 spiro atoms. The number of hydrogen-bond donors (Lipinski definition) is 2. The van der Waals surface area contributed by atoms with Gasteiger partial charge in [-0.25, -0.2) is 0 Å². The van der Waals surface area contributed by atoms with Gasteiger partial charge < -0.3 is 10.6 Å². The standard InChI is InChI=1S/C13H21N3O2/c1-2-14-9-10-15-11(17)13(12(18)16-10)7-5-3-4-6-8-13/h14H,2-9H2,1H3,(H,15,16,17,18). The topological polar surface area (TPSA) is 70.6 Å². The van der Waals surface area contributed by atoms with Crippen molar-refractivity contribution in [2.24, 2.45) is 10.4 Å². The lowest BCUT2D eigenvalue weighted by Crippen LogP contribution is -2.54. The van der Waals surface area contributed by atoms with Crippen LogP contribution in [0.4, 0.5) is 0 Å². The molecule has 2 amide bonds. The first-order valence-corrected chi connectivity index (χ1v) is 6.83. The molecule has 0 saturated heterocycles. The number of carbonyl (C=O) groups excluding carboxylic acids is 2. The van der Waals surface area contributed by atoms with Gasteiger partial charge in [-0.1, -0.05) is 32.6 Å². The average molecular weight is 251 g/mol. The lowest BCUT2D eigenvalue weighted by Gasteiger charge is -2.31. The fourth-order valence-electron chi connectivity index (χ4n) is 2.71. The fraction of sp³-hybridized carbons (Fsp3) is 0.769.